The van der Waals surface area contributed by atoms with Gasteiger partial charge in [-0.2, -0.15) is 0 Å². The van der Waals surface area contributed by atoms with Gasteiger partial charge in [-0.15, -0.1) is 0 Å². The fourth-order valence-electron chi connectivity index (χ4n) is 1.49. The van der Waals surface area contributed by atoms with Gasteiger partial charge < -0.3 is 5.32 Å². The molecule has 0 bridgehead atoms. The Bertz CT molecular complexity index is 554. The van der Waals surface area contributed by atoms with E-state index in [2.05, 4.69) is 31.2 Å². The summed E-state index contributed by atoms with van der Waals surface area (Å²) < 4.78 is 0.712. The lowest BCUT2D eigenvalue weighted by molar-refractivity contribution is 0.0950. The van der Waals surface area contributed by atoms with Crippen LogP contribution in [0.4, 0.5) is 0 Å². The zero-order valence-corrected chi connectivity index (χ0v) is 11.4. The first-order valence-electron chi connectivity index (χ1n) is 5.46. The van der Waals surface area contributed by atoms with Crippen LogP contribution in [0.25, 0.3) is 0 Å². The highest BCUT2D eigenvalue weighted by atomic mass is 79.9. The Kier molecular flexibility index (Phi) is 4.04. The number of aryl methyl sites for hydroxylation is 1. The lowest BCUT2D eigenvalue weighted by Crippen LogP contribution is -2.23. The van der Waals surface area contributed by atoms with Gasteiger partial charge in [-0.1, -0.05) is 0 Å². The van der Waals surface area contributed by atoms with E-state index >= 15 is 0 Å². The number of pyridine rings is 2. The molecular formula is C13H12BrN3O. The lowest BCUT2D eigenvalue weighted by atomic mass is 10.1. The fourth-order valence-corrected chi connectivity index (χ4v) is 1.72. The van der Waals surface area contributed by atoms with Gasteiger partial charge in [0.2, 0.25) is 0 Å². The monoisotopic (exact) mass is 305 g/mol. The van der Waals surface area contributed by atoms with E-state index in [9.17, 15) is 4.79 Å². The number of aromatic nitrogens is 2. The van der Waals surface area contributed by atoms with Crippen LogP contribution in [-0.4, -0.2) is 15.9 Å². The van der Waals surface area contributed by atoms with Crippen LogP contribution in [-0.2, 0) is 6.54 Å². The van der Waals surface area contributed by atoms with Crippen LogP contribution in [0.3, 0.4) is 0 Å². The molecule has 0 radical (unpaired) electrons. The van der Waals surface area contributed by atoms with E-state index in [-0.39, 0.29) is 5.91 Å². The SMILES string of the molecule is Cc1cnccc1CNC(=O)c1ccc(Br)nc1. The summed E-state index contributed by atoms with van der Waals surface area (Å²) in [4.78, 5) is 19.9. The molecule has 0 aliphatic heterocycles. The molecule has 5 heteroatoms. The minimum Gasteiger partial charge on any atom is -0.348 e. The molecular weight excluding hydrogens is 294 g/mol. The third-order valence-corrected chi connectivity index (χ3v) is 3.03. The van der Waals surface area contributed by atoms with E-state index < -0.39 is 0 Å². The molecule has 0 aliphatic carbocycles. The second kappa shape index (κ2) is 5.73. The molecule has 1 N–H and O–H groups in total. The fraction of sp³-hybridized carbons (Fsp3) is 0.154. The second-order valence-corrected chi connectivity index (χ2v) is 4.67. The number of hydrogen-bond donors (Lipinski definition) is 1. The molecule has 2 aromatic heterocycles. The van der Waals surface area contributed by atoms with Gasteiger partial charge in [0.25, 0.3) is 5.91 Å². The number of rotatable bonds is 3. The number of carbonyl (C=O) groups is 1. The number of nitrogens with one attached hydrogen (secondary N) is 1. The van der Waals surface area contributed by atoms with Crippen molar-refractivity contribution < 1.29 is 4.79 Å². The van der Waals surface area contributed by atoms with Crippen molar-refractivity contribution in [3.63, 3.8) is 0 Å². The molecule has 0 saturated heterocycles. The van der Waals surface area contributed by atoms with Crippen molar-refractivity contribution in [1.82, 2.24) is 15.3 Å². The van der Waals surface area contributed by atoms with Gasteiger partial charge in [0.05, 0.1) is 5.56 Å². The maximum absolute atomic E-state index is 11.9. The molecule has 0 saturated carbocycles. The standard InChI is InChI=1S/C13H12BrN3O/c1-9-6-15-5-4-10(9)7-17-13(18)11-2-3-12(14)16-8-11/h2-6,8H,7H2,1H3,(H,17,18). The average molecular weight is 306 g/mol. The van der Waals surface area contributed by atoms with Crippen LogP contribution in [0.2, 0.25) is 0 Å². The molecule has 1 amide bonds. The van der Waals surface area contributed by atoms with Crippen LogP contribution in [0.1, 0.15) is 21.5 Å². The molecule has 2 heterocycles. The number of nitrogens with zero attached hydrogens (tertiary/aromatic N) is 2. The summed E-state index contributed by atoms with van der Waals surface area (Å²) in [7, 11) is 0. The molecule has 4 nitrogen and oxygen atoms in total. The minimum atomic E-state index is -0.133. The van der Waals surface area contributed by atoms with Crippen molar-refractivity contribution in [2.45, 2.75) is 13.5 Å². The summed E-state index contributed by atoms with van der Waals surface area (Å²) in [5.74, 6) is -0.133. The molecule has 2 aromatic rings. The van der Waals surface area contributed by atoms with Crippen molar-refractivity contribution in [1.29, 1.82) is 0 Å². The first kappa shape index (κ1) is 12.7. The lowest BCUT2D eigenvalue weighted by Gasteiger charge is -2.07. The van der Waals surface area contributed by atoms with Crippen molar-refractivity contribution >= 4 is 21.8 Å². The van der Waals surface area contributed by atoms with Gasteiger partial charge in [-0.25, -0.2) is 4.98 Å². The quantitative estimate of drug-likeness (QED) is 0.886. The van der Waals surface area contributed by atoms with Crippen molar-refractivity contribution in [2.75, 3.05) is 0 Å². The van der Waals surface area contributed by atoms with E-state index in [1.807, 2.05) is 13.0 Å². The summed E-state index contributed by atoms with van der Waals surface area (Å²) in [5.41, 5.74) is 2.67. The molecule has 0 unspecified atom stereocenters. The minimum absolute atomic E-state index is 0.133. The van der Waals surface area contributed by atoms with E-state index in [1.165, 1.54) is 0 Å². The van der Waals surface area contributed by atoms with Gasteiger partial charge in [0, 0.05) is 25.1 Å². The highest BCUT2D eigenvalue weighted by Crippen LogP contribution is 2.07. The largest absolute Gasteiger partial charge is 0.348 e. The maximum Gasteiger partial charge on any atom is 0.253 e. The van der Waals surface area contributed by atoms with Gasteiger partial charge in [-0.3, -0.25) is 9.78 Å². The van der Waals surface area contributed by atoms with Crippen molar-refractivity contribution in [3.05, 3.63) is 58.1 Å². The molecule has 0 spiro atoms. The second-order valence-electron chi connectivity index (χ2n) is 3.85. The Hall–Kier alpha value is -1.75. The van der Waals surface area contributed by atoms with Gasteiger partial charge in [0.1, 0.15) is 4.60 Å². The molecule has 0 aromatic carbocycles. The summed E-state index contributed by atoms with van der Waals surface area (Å²) in [5, 5.41) is 2.85. The predicted octanol–water partition coefficient (Wildman–Crippen LogP) is 2.48. The number of amides is 1. The maximum atomic E-state index is 11.9. The Labute approximate surface area is 114 Å². The molecule has 0 aliphatic rings. The molecule has 0 fully saturated rings. The first-order valence-corrected chi connectivity index (χ1v) is 6.25. The Balaban J connectivity index is 2.01. The summed E-state index contributed by atoms with van der Waals surface area (Å²) in [6.45, 7) is 2.46. The van der Waals surface area contributed by atoms with E-state index in [4.69, 9.17) is 0 Å². The topological polar surface area (TPSA) is 54.9 Å². The normalized spacial score (nSPS) is 10.1. The first-order chi connectivity index (χ1) is 8.66. The van der Waals surface area contributed by atoms with E-state index in [0.717, 1.165) is 11.1 Å². The highest BCUT2D eigenvalue weighted by molar-refractivity contribution is 9.10. The Morgan fingerprint density at radius 2 is 2.17 bits per heavy atom. The molecule has 0 atom stereocenters. The number of hydrogen-bond acceptors (Lipinski definition) is 3. The smallest absolute Gasteiger partial charge is 0.253 e. The third-order valence-electron chi connectivity index (χ3n) is 2.57. The van der Waals surface area contributed by atoms with Gasteiger partial charge in [-0.05, 0) is 52.2 Å². The van der Waals surface area contributed by atoms with Crippen molar-refractivity contribution in [2.24, 2.45) is 0 Å². The van der Waals surface area contributed by atoms with E-state index in [0.29, 0.717) is 16.7 Å². The third kappa shape index (κ3) is 3.13. The Morgan fingerprint density at radius 3 is 2.83 bits per heavy atom. The van der Waals surface area contributed by atoms with Gasteiger partial charge >= 0.3 is 0 Å². The summed E-state index contributed by atoms with van der Waals surface area (Å²) in [6, 6.07) is 5.37. The Morgan fingerprint density at radius 1 is 1.33 bits per heavy atom. The molecule has 2 rings (SSSR count). The summed E-state index contributed by atoms with van der Waals surface area (Å²) >= 11 is 3.23. The zero-order valence-electron chi connectivity index (χ0n) is 9.85. The van der Waals surface area contributed by atoms with Crippen LogP contribution in [0.5, 0.6) is 0 Å². The zero-order chi connectivity index (χ0) is 13.0. The predicted molar refractivity (Wildman–Crippen MR) is 72.1 cm³/mol. The van der Waals surface area contributed by atoms with Crippen LogP contribution < -0.4 is 5.32 Å². The van der Waals surface area contributed by atoms with Crippen LogP contribution in [0.15, 0.2) is 41.4 Å². The highest BCUT2D eigenvalue weighted by Gasteiger charge is 2.06. The molecule has 92 valence electrons. The van der Waals surface area contributed by atoms with Crippen LogP contribution in [0, 0.1) is 6.92 Å². The number of carbonyl (C=O) groups excluding carboxylic acids is 1. The molecule has 18 heavy (non-hydrogen) atoms. The van der Waals surface area contributed by atoms with Crippen molar-refractivity contribution in [3.8, 4) is 0 Å². The average Bonchev–Trinajstić information content (AvgIpc) is 2.38. The van der Waals surface area contributed by atoms with Crippen LogP contribution >= 0.6 is 15.9 Å². The number of halogens is 1. The summed E-state index contributed by atoms with van der Waals surface area (Å²) in [6.07, 6.45) is 5.04. The van der Waals surface area contributed by atoms with Gasteiger partial charge in [0.15, 0.2) is 0 Å². The van der Waals surface area contributed by atoms with E-state index in [1.54, 1.807) is 30.7 Å².